The molecule has 0 spiro atoms. The van der Waals surface area contributed by atoms with Crippen LogP contribution in [0.1, 0.15) is 18.1 Å². The van der Waals surface area contributed by atoms with E-state index in [-0.39, 0.29) is 17.2 Å². The van der Waals surface area contributed by atoms with Crippen molar-refractivity contribution < 1.29 is 14.4 Å². The molecule has 0 unspecified atom stereocenters. The number of nitrogens with zero attached hydrogens (tertiary/aromatic N) is 3. The highest BCUT2D eigenvalue weighted by Crippen LogP contribution is 2.38. The Hall–Kier alpha value is -3.46. The molecular weight excluding hydrogens is 392 g/mol. The fourth-order valence-electron chi connectivity index (χ4n) is 2.60. The normalized spacial score (nSPS) is 10.9. The summed E-state index contributed by atoms with van der Waals surface area (Å²) in [5.74, 6) is 0.381. The minimum Gasteiger partial charge on any atom is -0.493 e. The number of thiazole rings is 1. The molecule has 29 heavy (non-hydrogen) atoms. The molecule has 0 amide bonds. The lowest BCUT2D eigenvalue weighted by molar-refractivity contribution is -0.385. The number of nitro groups is 1. The van der Waals surface area contributed by atoms with Gasteiger partial charge < -0.3 is 9.47 Å². The van der Waals surface area contributed by atoms with Crippen LogP contribution in [-0.4, -0.2) is 29.8 Å². The summed E-state index contributed by atoms with van der Waals surface area (Å²) >= 11 is 1.42. The molecule has 1 heterocycles. The van der Waals surface area contributed by atoms with Crippen molar-refractivity contribution in [1.82, 2.24) is 4.98 Å². The Labute approximate surface area is 172 Å². The first-order chi connectivity index (χ1) is 14.0. The number of nitrogens with one attached hydrogen (secondary N) is 1. The van der Waals surface area contributed by atoms with Crippen molar-refractivity contribution in [2.75, 3.05) is 19.1 Å². The number of anilines is 1. The van der Waals surface area contributed by atoms with E-state index in [4.69, 9.17) is 9.47 Å². The number of benzene rings is 2. The molecule has 0 aliphatic heterocycles. The summed E-state index contributed by atoms with van der Waals surface area (Å²) in [6.07, 6.45) is 1.47. The van der Waals surface area contributed by atoms with Gasteiger partial charge in [-0.3, -0.25) is 15.5 Å². The van der Waals surface area contributed by atoms with E-state index in [0.29, 0.717) is 17.3 Å². The van der Waals surface area contributed by atoms with Gasteiger partial charge in [0.25, 0.3) is 0 Å². The molecule has 3 rings (SSSR count). The molecular formula is C20H20N4O4S. The summed E-state index contributed by atoms with van der Waals surface area (Å²) in [6.45, 7) is 4.08. The van der Waals surface area contributed by atoms with Crippen LogP contribution in [0.25, 0.3) is 11.3 Å². The molecule has 3 aromatic rings. The predicted molar refractivity (Wildman–Crippen MR) is 114 cm³/mol. The molecule has 8 nitrogen and oxygen atoms in total. The molecule has 0 fully saturated rings. The van der Waals surface area contributed by atoms with Gasteiger partial charge in [-0.05, 0) is 19.9 Å². The first kappa shape index (κ1) is 20.3. The molecule has 0 aliphatic carbocycles. The summed E-state index contributed by atoms with van der Waals surface area (Å²) < 4.78 is 10.6. The molecule has 9 heteroatoms. The topological polar surface area (TPSA) is 98.9 Å². The quantitative estimate of drug-likeness (QED) is 0.322. The number of hydrazone groups is 1. The average molecular weight is 412 g/mol. The SMILES string of the molecule is CCOc1c(OC)cc(/C=N\Nc2nc(-c3ccc(C)cc3)cs2)cc1[N+](=O)[O-]. The molecule has 0 aliphatic rings. The summed E-state index contributed by atoms with van der Waals surface area (Å²) in [5.41, 5.74) is 6.24. The maximum atomic E-state index is 11.4. The minimum absolute atomic E-state index is 0.104. The van der Waals surface area contributed by atoms with Gasteiger partial charge in [-0.1, -0.05) is 29.8 Å². The lowest BCUT2D eigenvalue weighted by Gasteiger charge is -2.10. The van der Waals surface area contributed by atoms with E-state index in [1.165, 1.54) is 36.3 Å². The molecule has 0 atom stereocenters. The van der Waals surface area contributed by atoms with Gasteiger partial charge in [0.15, 0.2) is 5.75 Å². The largest absolute Gasteiger partial charge is 0.493 e. The van der Waals surface area contributed by atoms with Crippen LogP contribution in [0.15, 0.2) is 46.9 Å². The van der Waals surface area contributed by atoms with Gasteiger partial charge in [-0.25, -0.2) is 4.98 Å². The molecule has 150 valence electrons. The lowest BCUT2D eigenvalue weighted by Crippen LogP contribution is -2.02. The first-order valence-corrected chi connectivity index (χ1v) is 9.70. The van der Waals surface area contributed by atoms with Crippen LogP contribution in [0.5, 0.6) is 11.5 Å². The van der Waals surface area contributed by atoms with Crippen LogP contribution in [0.3, 0.4) is 0 Å². The van der Waals surface area contributed by atoms with E-state index in [9.17, 15) is 10.1 Å². The Bertz CT molecular complexity index is 1030. The van der Waals surface area contributed by atoms with E-state index in [1.54, 1.807) is 13.0 Å². The van der Waals surface area contributed by atoms with Crippen LogP contribution < -0.4 is 14.9 Å². The fourth-order valence-corrected chi connectivity index (χ4v) is 3.27. The maximum Gasteiger partial charge on any atom is 0.315 e. The van der Waals surface area contributed by atoms with Crippen molar-refractivity contribution in [3.05, 3.63) is 63.0 Å². The molecule has 0 saturated carbocycles. The zero-order valence-electron chi connectivity index (χ0n) is 16.2. The van der Waals surface area contributed by atoms with E-state index in [0.717, 1.165) is 11.3 Å². The summed E-state index contributed by atoms with van der Waals surface area (Å²) in [5, 5.41) is 18.1. The van der Waals surface area contributed by atoms with E-state index in [2.05, 4.69) is 15.5 Å². The minimum atomic E-state index is -0.507. The van der Waals surface area contributed by atoms with Crippen LogP contribution in [-0.2, 0) is 0 Å². The van der Waals surface area contributed by atoms with Crippen LogP contribution >= 0.6 is 11.3 Å². The van der Waals surface area contributed by atoms with E-state index in [1.807, 2.05) is 36.6 Å². The molecule has 0 saturated heterocycles. The van der Waals surface area contributed by atoms with Gasteiger partial charge in [-0.15, -0.1) is 11.3 Å². The molecule has 0 bridgehead atoms. The molecule has 0 radical (unpaired) electrons. The Balaban J connectivity index is 1.77. The second-order valence-corrected chi connectivity index (χ2v) is 6.89. The van der Waals surface area contributed by atoms with E-state index < -0.39 is 4.92 Å². The van der Waals surface area contributed by atoms with E-state index >= 15 is 0 Å². The number of aryl methyl sites for hydroxylation is 1. The van der Waals surface area contributed by atoms with Crippen LogP contribution in [0, 0.1) is 17.0 Å². The number of hydrogen-bond acceptors (Lipinski definition) is 8. The van der Waals surface area contributed by atoms with Crippen molar-refractivity contribution in [2.24, 2.45) is 5.10 Å². The van der Waals surface area contributed by atoms with Crippen LogP contribution in [0.4, 0.5) is 10.8 Å². The highest BCUT2D eigenvalue weighted by atomic mass is 32.1. The van der Waals surface area contributed by atoms with Crippen molar-refractivity contribution in [1.29, 1.82) is 0 Å². The fraction of sp³-hybridized carbons (Fsp3) is 0.200. The Morgan fingerprint density at radius 3 is 2.72 bits per heavy atom. The highest BCUT2D eigenvalue weighted by molar-refractivity contribution is 7.14. The van der Waals surface area contributed by atoms with Crippen molar-refractivity contribution >= 4 is 28.4 Å². The molecule has 1 N–H and O–H groups in total. The number of nitro benzene ring substituents is 1. The molecule has 1 aromatic heterocycles. The Morgan fingerprint density at radius 1 is 1.31 bits per heavy atom. The van der Waals surface area contributed by atoms with Gasteiger partial charge in [-0.2, -0.15) is 5.10 Å². The number of hydrogen-bond donors (Lipinski definition) is 1. The van der Waals surface area contributed by atoms with Crippen molar-refractivity contribution in [3.8, 4) is 22.8 Å². The predicted octanol–water partition coefficient (Wildman–Crippen LogP) is 4.88. The van der Waals surface area contributed by atoms with Gasteiger partial charge in [0.1, 0.15) is 0 Å². The summed E-state index contributed by atoms with van der Waals surface area (Å²) in [4.78, 5) is 15.4. The number of ether oxygens (including phenoxy) is 2. The third-order valence-electron chi connectivity index (χ3n) is 3.99. The second-order valence-electron chi connectivity index (χ2n) is 6.04. The maximum absolute atomic E-state index is 11.4. The number of aromatic nitrogens is 1. The third kappa shape index (κ3) is 4.88. The molecule has 2 aromatic carbocycles. The smallest absolute Gasteiger partial charge is 0.315 e. The van der Waals surface area contributed by atoms with Gasteiger partial charge >= 0.3 is 5.69 Å². The van der Waals surface area contributed by atoms with Gasteiger partial charge in [0.2, 0.25) is 10.9 Å². The lowest BCUT2D eigenvalue weighted by atomic mass is 10.1. The van der Waals surface area contributed by atoms with Gasteiger partial charge in [0.05, 0.1) is 30.5 Å². The number of rotatable bonds is 8. The second kappa shape index (κ2) is 9.16. The Morgan fingerprint density at radius 2 is 2.07 bits per heavy atom. The van der Waals surface area contributed by atoms with Gasteiger partial charge in [0, 0.05) is 22.6 Å². The highest BCUT2D eigenvalue weighted by Gasteiger charge is 2.21. The summed E-state index contributed by atoms with van der Waals surface area (Å²) in [6, 6.07) is 11.1. The van der Waals surface area contributed by atoms with Crippen molar-refractivity contribution in [2.45, 2.75) is 13.8 Å². The first-order valence-electron chi connectivity index (χ1n) is 8.82. The van der Waals surface area contributed by atoms with Crippen LogP contribution in [0.2, 0.25) is 0 Å². The van der Waals surface area contributed by atoms with Crippen molar-refractivity contribution in [3.63, 3.8) is 0 Å². The summed E-state index contributed by atoms with van der Waals surface area (Å²) in [7, 11) is 1.43. The zero-order chi connectivity index (χ0) is 20.8. The third-order valence-corrected chi connectivity index (χ3v) is 4.74. The zero-order valence-corrected chi connectivity index (χ0v) is 17.0. The number of methoxy groups -OCH3 is 1. The average Bonchev–Trinajstić information content (AvgIpc) is 3.18. The standard InChI is InChI=1S/C20H20N4O4S/c1-4-28-19-17(24(25)26)9-14(10-18(19)27-3)11-21-23-20-22-16(12-29-20)15-7-5-13(2)6-8-15/h5-12H,4H2,1-3H3,(H,22,23)/b21-11-. The Kier molecular flexibility index (Phi) is 6.40. The monoisotopic (exact) mass is 412 g/mol.